The Morgan fingerprint density at radius 1 is 1.32 bits per heavy atom. The molecule has 1 saturated heterocycles. The summed E-state index contributed by atoms with van der Waals surface area (Å²) in [5, 5.41) is 12.6. The molecule has 110 valence electrons. The van der Waals surface area contributed by atoms with E-state index in [0.29, 0.717) is 11.3 Å². The Morgan fingerprint density at radius 3 is 2.37 bits per heavy atom. The number of likely N-dealkylation sites (tertiary alicyclic amines) is 1. The lowest BCUT2D eigenvalue weighted by atomic mass is 9.73. The number of rotatable bonds is 6. The van der Waals surface area contributed by atoms with Crippen molar-refractivity contribution in [3.63, 3.8) is 0 Å². The lowest BCUT2D eigenvalue weighted by Gasteiger charge is -2.40. The lowest BCUT2D eigenvalue weighted by Crippen LogP contribution is -2.42. The van der Waals surface area contributed by atoms with Gasteiger partial charge in [-0.3, -0.25) is 0 Å². The van der Waals surface area contributed by atoms with Gasteiger partial charge in [0.1, 0.15) is 0 Å². The van der Waals surface area contributed by atoms with Crippen molar-refractivity contribution in [2.75, 3.05) is 33.2 Å². The predicted molar refractivity (Wildman–Crippen MR) is 80.8 cm³/mol. The maximum Gasteiger partial charge on any atom is 0.0671 e. The molecule has 3 heteroatoms. The fourth-order valence-corrected chi connectivity index (χ4v) is 2.91. The summed E-state index contributed by atoms with van der Waals surface area (Å²) >= 11 is 0. The summed E-state index contributed by atoms with van der Waals surface area (Å²) in [5.74, 6) is 1.37. The van der Waals surface area contributed by atoms with Crippen molar-refractivity contribution < 1.29 is 0 Å². The third-order valence-corrected chi connectivity index (χ3v) is 4.74. The van der Waals surface area contributed by atoms with E-state index in [-0.39, 0.29) is 5.92 Å². The highest BCUT2D eigenvalue weighted by molar-refractivity contribution is 4.89. The number of hydrogen-bond donors (Lipinski definition) is 1. The molecular weight excluding hydrogens is 234 g/mol. The third-order valence-electron chi connectivity index (χ3n) is 4.74. The van der Waals surface area contributed by atoms with E-state index in [1.165, 1.54) is 25.9 Å². The third kappa shape index (κ3) is 5.12. The highest BCUT2D eigenvalue weighted by Gasteiger charge is 2.31. The molecule has 0 aromatic carbocycles. The van der Waals surface area contributed by atoms with E-state index in [4.69, 9.17) is 5.26 Å². The Bertz CT molecular complexity index is 296. The molecule has 0 aromatic rings. The molecular formula is C16H31N3. The van der Waals surface area contributed by atoms with E-state index in [9.17, 15) is 0 Å². The first kappa shape index (κ1) is 16.5. The monoisotopic (exact) mass is 265 g/mol. The number of nitrogens with zero attached hydrogens (tertiary/aromatic N) is 2. The molecule has 1 atom stereocenters. The van der Waals surface area contributed by atoms with Crippen LogP contribution in [-0.4, -0.2) is 38.1 Å². The molecule has 0 spiro atoms. The maximum absolute atomic E-state index is 9.11. The van der Waals surface area contributed by atoms with Gasteiger partial charge < -0.3 is 10.2 Å². The first-order chi connectivity index (χ1) is 8.86. The molecule has 1 unspecified atom stereocenters. The van der Waals surface area contributed by atoms with Gasteiger partial charge in [-0.05, 0) is 50.2 Å². The average Bonchev–Trinajstić information content (AvgIpc) is 2.34. The minimum absolute atomic E-state index is 0.133. The van der Waals surface area contributed by atoms with Gasteiger partial charge in [0.15, 0.2) is 0 Å². The SMILES string of the molecule is CC(C)C(C#N)CNCC(C)(C)C1CCN(C)CC1. The second kappa shape index (κ2) is 7.26. The fourth-order valence-electron chi connectivity index (χ4n) is 2.91. The molecule has 0 saturated carbocycles. The second-order valence-corrected chi connectivity index (χ2v) is 7.18. The summed E-state index contributed by atoms with van der Waals surface area (Å²) in [6, 6.07) is 2.40. The van der Waals surface area contributed by atoms with E-state index < -0.39 is 0 Å². The lowest BCUT2D eigenvalue weighted by molar-refractivity contribution is 0.112. The molecule has 0 amide bonds. The van der Waals surface area contributed by atoms with E-state index >= 15 is 0 Å². The van der Waals surface area contributed by atoms with Gasteiger partial charge in [-0.2, -0.15) is 5.26 Å². The van der Waals surface area contributed by atoms with Crippen LogP contribution in [-0.2, 0) is 0 Å². The Labute approximate surface area is 119 Å². The van der Waals surface area contributed by atoms with Crippen LogP contribution in [0.25, 0.3) is 0 Å². The molecule has 19 heavy (non-hydrogen) atoms. The van der Waals surface area contributed by atoms with E-state index in [1.807, 2.05) is 0 Å². The number of nitriles is 1. The number of hydrogen-bond acceptors (Lipinski definition) is 3. The smallest absolute Gasteiger partial charge is 0.0671 e. The summed E-state index contributed by atoms with van der Waals surface area (Å²) < 4.78 is 0. The topological polar surface area (TPSA) is 39.1 Å². The zero-order valence-electron chi connectivity index (χ0n) is 13.4. The quantitative estimate of drug-likeness (QED) is 0.802. The molecule has 0 bridgehead atoms. The first-order valence-electron chi connectivity index (χ1n) is 7.65. The van der Waals surface area contributed by atoms with Crippen LogP contribution in [0.3, 0.4) is 0 Å². The van der Waals surface area contributed by atoms with Crippen molar-refractivity contribution in [3.05, 3.63) is 0 Å². The van der Waals surface area contributed by atoms with Gasteiger partial charge in [-0.1, -0.05) is 27.7 Å². The molecule has 3 nitrogen and oxygen atoms in total. The van der Waals surface area contributed by atoms with Crippen molar-refractivity contribution in [2.45, 2.75) is 40.5 Å². The van der Waals surface area contributed by atoms with Gasteiger partial charge in [-0.25, -0.2) is 0 Å². The van der Waals surface area contributed by atoms with Gasteiger partial charge in [0.2, 0.25) is 0 Å². The van der Waals surface area contributed by atoms with Crippen LogP contribution in [0.1, 0.15) is 40.5 Å². The van der Waals surface area contributed by atoms with Crippen LogP contribution in [0.2, 0.25) is 0 Å². The molecule has 1 aliphatic rings. The summed E-state index contributed by atoms with van der Waals surface area (Å²) in [7, 11) is 2.21. The van der Waals surface area contributed by atoms with Crippen molar-refractivity contribution in [1.82, 2.24) is 10.2 Å². The molecule has 1 aliphatic heterocycles. The molecule has 1 heterocycles. The highest BCUT2D eigenvalue weighted by atomic mass is 15.1. The Morgan fingerprint density at radius 2 is 1.89 bits per heavy atom. The summed E-state index contributed by atoms with van der Waals surface area (Å²) in [6.07, 6.45) is 2.61. The van der Waals surface area contributed by atoms with Crippen LogP contribution in [0, 0.1) is 34.5 Å². The minimum atomic E-state index is 0.133. The Kier molecular flexibility index (Phi) is 6.29. The summed E-state index contributed by atoms with van der Waals surface area (Å²) in [6.45, 7) is 13.3. The van der Waals surface area contributed by atoms with Crippen molar-refractivity contribution in [2.24, 2.45) is 23.2 Å². The molecule has 1 fully saturated rings. The van der Waals surface area contributed by atoms with Crippen molar-refractivity contribution in [1.29, 1.82) is 5.26 Å². The first-order valence-corrected chi connectivity index (χ1v) is 7.65. The zero-order valence-corrected chi connectivity index (χ0v) is 13.4. The van der Waals surface area contributed by atoms with Gasteiger partial charge in [0.05, 0.1) is 12.0 Å². The number of nitrogens with one attached hydrogen (secondary N) is 1. The highest BCUT2D eigenvalue weighted by Crippen LogP contribution is 2.34. The molecule has 1 rings (SSSR count). The van der Waals surface area contributed by atoms with E-state index in [2.05, 4.69) is 51.0 Å². The molecule has 0 aromatic heterocycles. The average molecular weight is 265 g/mol. The Balaban J connectivity index is 2.36. The van der Waals surface area contributed by atoms with Crippen LogP contribution in [0.4, 0.5) is 0 Å². The van der Waals surface area contributed by atoms with Crippen LogP contribution >= 0.6 is 0 Å². The van der Waals surface area contributed by atoms with Crippen LogP contribution in [0.15, 0.2) is 0 Å². The van der Waals surface area contributed by atoms with Gasteiger partial charge >= 0.3 is 0 Å². The molecule has 0 radical (unpaired) electrons. The van der Waals surface area contributed by atoms with Gasteiger partial charge in [0.25, 0.3) is 0 Å². The summed E-state index contributed by atoms with van der Waals surface area (Å²) in [4.78, 5) is 2.42. The largest absolute Gasteiger partial charge is 0.315 e. The normalized spacial score (nSPS) is 20.5. The van der Waals surface area contributed by atoms with Gasteiger partial charge in [0, 0.05) is 13.1 Å². The Hall–Kier alpha value is -0.590. The van der Waals surface area contributed by atoms with Crippen LogP contribution < -0.4 is 5.32 Å². The second-order valence-electron chi connectivity index (χ2n) is 7.18. The predicted octanol–water partition coefficient (Wildman–Crippen LogP) is 2.74. The van der Waals surface area contributed by atoms with Gasteiger partial charge in [-0.15, -0.1) is 0 Å². The summed E-state index contributed by atoms with van der Waals surface area (Å²) in [5.41, 5.74) is 0.332. The van der Waals surface area contributed by atoms with Crippen molar-refractivity contribution in [3.8, 4) is 6.07 Å². The maximum atomic E-state index is 9.11. The van der Waals surface area contributed by atoms with E-state index in [1.54, 1.807) is 0 Å². The standard InChI is InChI=1S/C16H31N3/c1-13(2)14(10-17)11-18-12-16(3,4)15-6-8-19(5)9-7-15/h13-15,18H,6-9,11-12H2,1-5H3. The van der Waals surface area contributed by atoms with E-state index in [0.717, 1.165) is 19.0 Å². The minimum Gasteiger partial charge on any atom is -0.315 e. The van der Waals surface area contributed by atoms with Crippen molar-refractivity contribution >= 4 is 0 Å². The number of piperidine rings is 1. The van der Waals surface area contributed by atoms with Crippen LogP contribution in [0.5, 0.6) is 0 Å². The molecule has 0 aliphatic carbocycles. The fraction of sp³-hybridized carbons (Fsp3) is 0.938. The zero-order chi connectivity index (χ0) is 14.5. The molecule has 1 N–H and O–H groups in total.